The van der Waals surface area contributed by atoms with Gasteiger partial charge in [0, 0.05) is 55.9 Å². The van der Waals surface area contributed by atoms with Gasteiger partial charge < -0.3 is 9.64 Å². The average molecular weight is 465 g/mol. The molecule has 3 aromatic heterocycles. The summed E-state index contributed by atoms with van der Waals surface area (Å²) in [5.74, 6) is 0.569. The second-order valence-corrected chi connectivity index (χ2v) is 9.18. The van der Waals surface area contributed by atoms with Crippen LogP contribution in [-0.2, 0) is 7.05 Å². The Labute approximate surface area is 197 Å². The van der Waals surface area contributed by atoms with Crippen molar-refractivity contribution in [2.75, 3.05) is 26.2 Å². The van der Waals surface area contributed by atoms with Crippen LogP contribution in [0.3, 0.4) is 0 Å². The summed E-state index contributed by atoms with van der Waals surface area (Å²) in [5.41, 5.74) is 3.92. The lowest BCUT2D eigenvalue weighted by atomic mass is 10.0. The molecule has 34 heavy (non-hydrogen) atoms. The lowest BCUT2D eigenvalue weighted by molar-refractivity contribution is 0.244. The van der Waals surface area contributed by atoms with E-state index in [1.165, 1.54) is 0 Å². The summed E-state index contributed by atoms with van der Waals surface area (Å²) in [6.45, 7) is 6.73. The molecule has 1 aromatic carbocycles. The van der Waals surface area contributed by atoms with Gasteiger partial charge in [-0.1, -0.05) is 6.07 Å². The number of imidazole rings is 1. The largest absolute Gasteiger partial charge is 0.478 e. The minimum absolute atomic E-state index is 0.00535. The molecule has 178 valence electrons. The van der Waals surface area contributed by atoms with Crippen LogP contribution >= 0.6 is 0 Å². The van der Waals surface area contributed by atoms with Gasteiger partial charge in [-0.05, 0) is 50.5 Å². The fourth-order valence-corrected chi connectivity index (χ4v) is 4.64. The first kappa shape index (κ1) is 22.5. The van der Waals surface area contributed by atoms with Gasteiger partial charge in [-0.15, -0.1) is 10.2 Å². The fourth-order valence-electron chi connectivity index (χ4n) is 4.64. The van der Waals surface area contributed by atoms with E-state index in [9.17, 15) is 9.18 Å². The van der Waals surface area contributed by atoms with E-state index < -0.39 is 6.17 Å². The number of hydrogen-bond donors (Lipinski definition) is 0. The number of aromatic nitrogens is 5. The van der Waals surface area contributed by atoms with Crippen LogP contribution in [0.1, 0.15) is 32.7 Å². The summed E-state index contributed by atoms with van der Waals surface area (Å²) >= 11 is 0. The normalized spacial score (nSPS) is 16.8. The molecule has 0 saturated carbocycles. The summed E-state index contributed by atoms with van der Waals surface area (Å²) < 4.78 is 22.3. The summed E-state index contributed by atoms with van der Waals surface area (Å²) in [6.07, 6.45) is 2.58. The van der Waals surface area contributed by atoms with Crippen LogP contribution < -0.4 is 10.4 Å². The number of aryl methyl sites for hydroxylation is 1. The van der Waals surface area contributed by atoms with Gasteiger partial charge in [0.2, 0.25) is 5.88 Å². The van der Waals surface area contributed by atoms with E-state index in [4.69, 9.17) is 4.74 Å². The molecule has 0 spiro atoms. The quantitative estimate of drug-likeness (QED) is 0.388. The van der Waals surface area contributed by atoms with Crippen molar-refractivity contribution in [3.05, 3.63) is 47.0 Å². The third-order valence-corrected chi connectivity index (χ3v) is 6.44. The Bertz CT molecular complexity index is 1380. The Kier molecular flexibility index (Phi) is 6.03. The molecule has 1 aliphatic heterocycles. The van der Waals surface area contributed by atoms with Crippen LogP contribution in [0.4, 0.5) is 4.39 Å². The predicted molar refractivity (Wildman–Crippen MR) is 130 cm³/mol. The zero-order valence-corrected chi connectivity index (χ0v) is 19.7. The SMILES string of the molecule is CC(C)n1c(=O)n(C)c2nnc3ccc(-c4ccc(OCCCN5CC[C@@H](F)C5)nc4)cc3c21. The van der Waals surface area contributed by atoms with Crippen LogP contribution in [0.5, 0.6) is 5.88 Å². The van der Waals surface area contributed by atoms with E-state index in [0.717, 1.165) is 47.1 Å². The zero-order chi connectivity index (χ0) is 23.8. The second-order valence-electron chi connectivity index (χ2n) is 9.18. The molecule has 1 aliphatic rings. The number of halogens is 1. The first-order valence-corrected chi connectivity index (χ1v) is 11.8. The van der Waals surface area contributed by atoms with Gasteiger partial charge in [0.15, 0.2) is 5.65 Å². The maximum atomic E-state index is 13.3. The first-order valence-electron chi connectivity index (χ1n) is 11.8. The van der Waals surface area contributed by atoms with Crippen LogP contribution in [0, 0.1) is 0 Å². The maximum absolute atomic E-state index is 13.3. The number of likely N-dealkylation sites (tertiary alicyclic amines) is 1. The monoisotopic (exact) mass is 464 g/mol. The van der Waals surface area contributed by atoms with Gasteiger partial charge in [0.1, 0.15) is 11.7 Å². The molecule has 0 aliphatic carbocycles. The van der Waals surface area contributed by atoms with Gasteiger partial charge in [-0.25, -0.2) is 14.2 Å². The molecule has 5 rings (SSSR count). The molecule has 9 heteroatoms. The number of hydrogen-bond acceptors (Lipinski definition) is 6. The summed E-state index contributed by atoms with van der Waals surface area (Å²) in [6, 6.07) is 9.77. The van der Waals surface area contributed by atoms with E-state index in [-0.39, 0.29) is 11.7 Å². The molecule has 0 N–H and O–H groups in total. The molecule has 4 heterocycles. The molecular formula is C25H29FN6O2. The highest BCUT2D eigenvalue weighted by molar-refractivity contribution is 6.02. The molecule has 1 saturated heterocycles. The Balaban J connectivity index is 1.36. The van der Waals surface area contributed by atoms with Gasteiger partial charge >= 0.3 is 5.69 Å². The van der Waals surface area contributed by atoms with Gasteiger partial charge in [0.25, 0.3) is 0 Å². The first-order chi connectivity index (χ1) is 16.4. The number of ether oxygens (including phenoxy) is 1. The Morgan fingerprint density at radius 1 is 1.18 bits per heavy atom. The molecule has 8 nitrogen and oxygen atoms in total. The molecule has 1 fully saturated rings. The lowest BCUT2D eigenvalue weighted by Gasteiger charge is -2.14. The third-order valence-electron chi connectivity index (χ3n) is 6.44. The number of rotatable bonds is 7. The summed E-state index contributed by atoms with van der Waals surface area (Å²) in [5, 5.41) is 9.50. The van der Waals surface area contributed by atoms with Crippen LogP contribution in [0.15, 0.2) is 41.3 Å². The Hall–Kier alpha value is -3.33. The molecule has 0 bridgehead atoms. The molecule has 0 unspecified atom stereocenters. The number of pyridine rings is 1. The minimum Gasteiger partial charge on any atom is -0.478 e. The Morgan fingerprint density at radius 2 is 2.00 bits per heavy atom. The lowest BCUT2D eigenvalue weighted by Crippen LogP contribution is -2.23. The van der Waals surface area contributed by atoms with E-state index >= 15 is 0 Å². The number of alkyl halides is 1. The van der Waals surface area contributed by atoms with E-state index in [0.29, 0.717) is 31.1 Å². The van der Waals surface area contributed by atoms with Gasteiger partial charge in [-0.2, -0.15) is 0 Å². The van der Waals surface area contributed by atoms with Crippen LogP contribution in [0.25, 0.3) is 33.2 Å². The van der Waals surface area contributed by atoms with Crippen molar-refractivity contribution in [3.63, 3.8) is 0 Å². The Morgan fingerprint density at radius 3 is 2.71 bits per heavy atom. The topological polar surface area (TPSA) is 78.1 Å². The molecule has 4 aromatic rings. The minimum atomic E-state index is -0.687. The highest BCUT2D eigenvalue weighted by Gasteiger charge is 2.21. The van der Waals surface area contributed by atoms with E-state index in [2.05, 4.69) is 20.1 Å². The molecule has 0 amide bonds. The third kappa shape index (κ3) is 4.16. The highest BCUT2D eigenvalue weighted by atomic mass is 19.1. The molecular weight excluding hydrogens is 435 g/mol. The second kappa shape index (κ2) is 9.13. The smallest absolute Gasteiger partial charge is 0.330 e. The van der Waals surface area contributed by atoms with Crippen molar-refractivity contribution in [1.82, 2.24) is 29.2 Å². The van der Waals surface area contributed by atoms with Gasteiger partial charge in [0.05, 0.1) is 12.1 Å². The predicted octanol–water partition coefficient (Wildman–Crippen LogP) is 3.74. The fraction of sp³-hybridized carbons (Fsp3) is 0.440. The van der Waals surface area contributed by atoms with Crippen molar-refractivity contribution in [1.29, 1.82) is 0 Å². The van der Waals surface area contributed by atoms with Crippen molar-refractivity contribution in [2.24, 2.45) is 7.05 Å². The molecule has 1 atom stereocenters. The van der Waals surface area contributed by atoms with Crippen molar-refractivity contribution in [3.8, 4) is 17.0 Å². The van der Waals surface area contributed by atoms with Crippen LogP contribution in [-0.4, -0.2) is 61.6 Å². The average Bonchev–Trinajstić information content (AvgIpc) is 3.37. The van der Waals surface area contributed by atoms with Gasteiger partial charge in [-0.3, -0.25) is 9.13 Å². The van der Waals surface area contributed by atoms with Crippen molar-refractivity contribution < 1.29 is 9.13 Å². The van der Waals surface area contributed by atoms with Crippen molar-refractivity contribution >= 4 is 22.1 Å². The van der Waals surface area contributed by atoms with E-state index in [1.54, 1.807) is 22.4 Å². The maximum Gasteiger partial charge on any atom is 0.330 e. The standard InChI is InChI=1S/C25H29FN6O2/c1-16(2)32-23-20-13-17(5-7-21(20)28-29-24(23)30(3)25(32)33)18-6-8-22(27-14-18)34-12-4-10-31-11-9-19(26)15-31/h5-8,13-14,16,19H,4,9-12,15H2,1-3H3/t19-/m1/s1. The van der Waals surface area contributed by atoms with Crippen LogP contribution in [0.2, 0.25) is 0 Å². The number of benzene rings is 1. The summed E-state index contributed by atoms with van der Waals surface area (Å²) in [4.78, 5) is 19.4. The number of nitrogens with zero attached hydrogens (tertiary/aromatic N) is 6. The van der Waals surface area contributed by atoms with E-state index in [1.807, 2.05) is 44.2 Å². The zero-order valence-electron chi connectivity index (χ0n) is 19.7. The highest BCUT2D eigenvalue weighted by Crippen LogP contribution is 2.29. The number of fused-ring (bicyclic) bond motifs is 3. The molecule has 0 radical (unpaired) electrons. The summed E-state index contributed by atoms with van der Waals surface area (Å²) in [7, 11) is 1.72. The van der Waals surface area contributed by atoms with Crippen molar-refractivity contribution in [2.45, 2.75) is 38.9 Å².